The zero-order valence-electron chi connectivity index (χ0n) is 18.9. The average Bonchev–Trinajstić information content (AvgIpc) is 3.30. The van der Waals surface area contributed by atoms with Crippen LogP contribution in [0.1, 0.15) is 41.9 Å². The Morgan fingerprint density at radius 3 is 2.31 bits per heavy atom. The van der Waals surface area contributed by atoms with Crippen LogP contribution in [0.25, 0.3) is 0 Å². The Morgan fingerprint density at radius 1 is 1.03 bits per heavy atom. The number of hydrogen-bond acceptors (Lipinski definition) is 6. The van der Waals surface area contributed by atoms with Crippen LogP contribution < -0.4 is 10.5 Å². The topological polar surface area (TPSA) is 91.4 Å². The summed E-state index contributed by atoms with van der Waals surface area (Å²) in [4.78, 5) is 37.1. The van der Waals surface area contributed by atoms with Gasteiger partial charge in [0.05, 0.1) is 11.7 Å². The Morgan fingerprint density at radius 2 is 1.69 bits per heavy atom. The minimum Gasteiger partial charge on any atom is -0.368 e. The number of halogens is 6. The second-order valence-electron chi connectivity index (χ2n) is 8.70. The van der Waals surface area contributed by atoms with E-state index in [0.717, 1.165) is 6.07 Å². The first-order chi connectivity index (χ1) is 16.9. The minimum atomic E-state index is -4.78. The lowest BCUT2D eigenvalue weighted by Crippen LogP contribution is -2.50. The van der Waals surface area contributed by atoms with E-state index < -0.39 is 35.1 Å². The van der Waals surface area contributed by atoms with Gasteiger partial charge < -0.3 is 19.5 Å². The maximum absolute atomic E-state index is 13.1. The molecule has 8 nitrogen and oxygen atoms in total. The van der Waals surface area contributed by atoms with Crippen molar-refractivity contribution in [2.45, 2.75) is 43.6 Å². The first-order valence-electron chi connectivity index (χ1n) is 11.3. The number of amides is 1. The molecule has 2 aliphatic rings. The van der Waals surface area contributed by atoms with Gasteiger partial charge in [-0.05, 0) is 24.5 Å². The van der Waals surface area contributed by atoms with Crippen LogP contribution in [0.15, 0.2) is 29.5 Å². The number of rotatable bonds is 5. The zero-order valence-corrected chi connectivity index (χ0v) is 18.9. The minimum absolute atomic E-state index is 0.138. The lowest BCUT2D eigenvalue weighted by molar-refractivity contribution is -0.139. The molecule has 2 fully saturated rings. The van der Waals surface area contributed by atoms with Gasteiger partial charge in [0.2, 0.25) is 11.9 Å². The fraction of sp³-hybridized carbons (Fsp3) is 0.545. The van der Waals surface area contributed by atoms with E-state index in [0.29, 0.717) is 50.3 Å². The summed E-state index contributed by atoms with van der Waals surface area (Å²) in [7, 11) is 0. The third kappa shape index (κ3) is 5.79. The molecule has 4 rings (SSSR count). The Balaban J connectivity index is 1.30. The number of carbonyl (C=O) groups is 1. The fourth-order valence-corrected chi connectivity index (χ4v) is 4.49. The van der Waals surface area contributed by atoms with Gasteiger partial charge in [-0.15, -0.1) is 0 Å². The van der Waals surface area contributed by atoms with Crippen molar-refractivity contribution in [2.24, 2.45) is 0 Å². The molecule has 2 atom stereocenters. The number of anilines is 1. The SMILES string of the molecule is O=C(CO[C@H]1CCCC1c1c[nH]c(=O)c(C(F)(F)F)c1)N1CCN(c2ncc(C(F)(F)F)cn2)CC1. The Labute approximate surface area is 201 Å². The summed E-state index contributed by atoms with van der Waals surface area (Å²) in [5.74, 6) is -0.547. The molecule has 3 heterocycles. The summed E-state index contributed by atoms with van der Waals surface area (Å²) >= 11 is 0. The molecule has 1 amide bonds. The Bertz CT molecular complexity index is 1130. The molecule has 36 heavy (non-hydrogen) atoms. The molecule has 1 saturated carbocycles. The zero-order chi connectivity index (χ0) is 26.1. The third-order valence-corrected chi connectivity index (χ3v) is 6.41. The molecule has 2 aromatic rings. The number of hydrogen-bond donors (Lipinski definition) is 1. The highest BCUT2D eigenvalue weighted by Crippen LogP contribution is 2.38. The second kappa shape index (κ2) is 10.1. The highest BCUT2D eigenvalue weighted by Gasteiger charge is 2.37. The summed E-state index contributed by atoms with van der Waals surface area (Å²) in [5.41, 5.74) is -3.12. The molecule has 1 saturated heterocycles. The maximum Gasteiger partial charge on any atom is 0.421 e. The van der Waals surface area contributed by atoms with Crippen LogP contribution in [-0.2, 0) is 21.9 Å². The third-order valence-electron chi connectivity index (χ3n) is 6.41. The van der Waals surface area contributed by atoms with Crippen molar-refractivity contribution in [1.29, 1.82) is 0 Å². The lowest BCUT2D eigenvalue weighted by Gasteiger charge is -2.35. The average molecular weight is 519 g/mol. The molecule has 2 aromatic heterocycles. The van der Waals surface area contributed by atoms with E-state index in [1.165, 1.54) is 6.20 Å². The summed E-state index contributed by atoms with van der Waals surface area (Å²) in [6, 6.07) is 0.843. The quantitative estimate of drug-likeness (QED) is 0.611. The predicted molar refractivity (Wildman–Crippen MR) is 114 cm³/mol. The smallest absolute Gasteiger partial charge is 0.368 e. The second-order valence-corrected chi connectivity index (χ2v) is 8.70. The van der Waals surface area contributed by atoms with Gasteiger partial charge in [-0.1, -0.05) is 6.42 Å². The van der Waals surface area contributed by atoms with Gasteiger partial charge in [0.1, 0.15) is 12.2 Å². The van der Waals surface area contributed by atoms with E-state index in [9.17, 15) is 35.9 Å². The van der Waals surface area contributed by atoms with Gasteiger partial charge in [-0.3, -0.25) is 9.59 Å². The number of nitrogens with one attached hydrogen (secondary N) is 1. The van der Waals surface area contributed by atoms with Crippen molar-refractivity contribution in [1.82, 2.24) is 19.9 Å². The van der Waals surface area contributed by atoms with Crippen LogP contribution in [0.2, 0.25) is 0 Å². The van der Waals surface area contributed by atoms with E-state index in [4.69, 9.17) is 4.74 Å². The number of aromatic amines is 1. The number of ether oxygens (including phenoxy) is 1. The molecule has 14 heteroatoms. The van der Waals surface area contributed by atoms with E-state index >= 15 is 0 Å². The summed E-state index contributed by atoms with van der Waals surface area (Å²) in [5, 5.41) is 0. The van der Waals surface area contributed by atoms with Gasteiger partial charge in [0.25, 0.3) is 5.56 Å². The van der Waals surface area contributed by atoms with Gasteiger partial charge in [-0.2, -0.15) is 26.3 Å². The molecule has 196 valence electrons. The number of piperazine rings is 1. The van der Waals surface area contributed by atoms with E-state index in [2.05, 4.69) is 15.0 Å². The fourth-order valence-electron chi connectivity index (χ4n) is 4.49. The normalized spacial score (nSPS) is 21.2. The maximum atomic E-state index is 13.1. The molecule has 1 N–H and O–H groups in total. The van der Waals surface area contributed by atoms with Gasteiger partial charge in [-0.25, -0.2) is 9.97 Å². The number of alkyl halides is 6. The van der Waals surface area contributed by atoms with Crippen LogP contribution >= 0.6 is 0 Å². The number of H-pyrrole nitrogens is 1. The van der Waals surface area contributed by atoms with E-state index in [-0.39, 0.29) is 37.5 Å². The van der Waals surface area contributed by atoms with Gasteiger partial charge in [0.15, 0.2) is 0 Å². The van der Waals surface area contributed by atoms with E-state index in [1.807, 2.05) is 0 Å². The first-order valence-corrected chi connectivity index (χ1v) is 11.3. The van der Waals surface area contributed by atoms with Crippen molar-refractivity contribution >= 4 is 11.9 Å². The molecule has 0 aromatic carbocycles. The number of nitrogens with zero attached hydrogens (tertiary/aromatic N) is 4. The largest absolute Gasteiger partial charge is 0.421 e. The number of aromatic nitrogens is 3. The highest BCUT2D eigenvalue weighted by molar-refractivity contribution is 5.77. The van der Waals surface area contributed by atoms with Crippen molar-refractivity contribution in [3.63, 3.8) is 0 Å². The van der Waals surface area contributed by atoms with Crippen LogP contribution in [0.4, 0.5) is 32.3 Å². The van der Waals surface area contributed by atoms with Crippen molar-refractivity contribution in [2.75, 3.05) is 37.7 Å². The van der Waals surface area contributed by atoms with Crippen molar-refractivity contribution in [3.8, 4) is 0 Å². The van der Waals surface area contributed by atoms with Crippen LogP contribution in [-0.4, -0.2) is 64.6 Å². The number of pyridine rings is 1. The van der Waals surface area contributed by atoms with Gasteiger partial charge in [0, 0.05) is 50.7 Å². The molecular weight excluding hydrogens is 496 g/mol. The summed E-state index contributed by atoms with van der Waals surface area (Å²) < 4.78 is 83.2. The van der Waals surface area contributed by atoms with Crippen LogP contribution in [0.3, 0.4) is 0 Å². The predicted octanol–water partition coefficient (Wildman–Crippen LogP) is 3.20. The van der Waals surface area contributed by atoms with Crippen LogP contribution in [0, 0.1) is 0 Å². The number of carbonyl (C=O) groups excluding carboxylic acids is 1. The highest BCUT2D eigenvalue weighted by atomic mass is 19.4. The Kier molecular flexibility index (Phi) is 7.25. The molecule has 1 unspecified atom stereocenters. The molecule has 0 spiro atoms. The summed E-state index contributed by atoms with van der Waals surface area (Å²) in [6.45, 7) is 0.958. The molecule has 1 aliphatic heterocycles. The van der Waals surface area contributed by atoms with E-state index in [1.54, 1.807) is 9.80 Å². The van der Waals surface area contributed by atoms with Crippen molar-refractivity contribution < 1.29 is 35.9 Å². The lowest BCUT2D eigenvalue weighted by atomic mass is 9.96. The Hall–Kier alpha value is -3.16. The summed E-state index contributed by atoms with van der Waals surface area (Å²) in [6.07, 6.45) is -5.25. The first kappa shape index (κ1) is 25.9. The van der Waals surface area contributed by atoms with Gasteiger partial charge >= 0.3 is 12.4 Å². The standard InChI is InChI=1S/C22H23F6N5O3/c23-21(24,25)14-10-30-20(31-11-14)33-6-4-32(5-7-33)18(34)12-36-17-3-1-2-15(17)13-8-16(22(26,27)28)19(35)29-9-13/h8-11,15,17H,1-7,12H2,(H,29,35)/t15?,17-/m0/s1. The molecule has 0 bridgehead atoms. The molecule has 1 aliphatic carbocycles. The van der Waals surface area contributed by atoms with Crippen LogP contribution in [0.5, 0.6) is 0 Å². The molecular formula is C22H23F6N5O3. The van der Waals surface area contributed by atoms with Crippen molar-refractivity contribution in [3.05, 3.63) is 51.7 Å². The monoisotopic (exact) mass is 519 g/mol. The molecule has 0 radical (unpaired) electrons.